The minimum absolute atomic E-state index is 0.0225. The van der Waals surface area contributed by atoms with Crippen molar-refractivity contribution in [3.63, 3.8) is 0 Å². The van der Waals surface area contributed by atoms with E-state index < -0.39 is 17.0 Å². The number of anilines is 1. The van der Waals surface area contributed by atoms with E-state index in [1.54, 1.807) is 24.3 Å². The maximum atomic E-state index is 13.0. The number of carbonyl (C=O) groups excluding carboxylic acids is 3. The van der Waals surface area contributed by atoms with Crippen molar-refractivity contribution in [3.05, 3.63) is 111 Å². The van der Waals surface area contributed by atoms with Gasteiger partial charge in [0, 0.05) is 40.5 Å². The molecule has 3 aromatic rings. The van der Waals surface area contributed by atoms with E-state index >= 15 is 0 Å². The van der Waals surface area contributed by atoms with Crippen molar-refractivity contribution >= 4 is 41.1 Å². The fraction of sp³-hybridized carbons (Fsp3) is 0.179. The standard InChI is InChI=1S/C28H23N3O7S/c32-25-15-22-14-24(26(30(22)25)27(33)37-16-18-4-2-1-3-5-18)39-23-12-8-20(9-13-23)29-28(34)38-17-19-6-10-21(11-7-19)31(35)36/h1-13,22H,14-17H2,(H,29,34). The summed E-state index contributed by atoms with van der Waals surface area (Å²) in [4.78, 5) is 50.7. The van der Waals surface area contributed by atoms with E-state index in [1.165, 1.54) is 40.9 Å². The minimum atomic E-state index is -0.668. The molecule has 2 aliphatic heterocycles. The zero-order valence-corrected chi connectivity index (χ0v) is 21.4. The van der Waals surface area contributed by atoms with Crippen LogP contribution in [0, 0.1) is 10.1 Å². The third-order valence-electron chi connectivity index (χ3n) is 6.24. The van der Waals surface area contributed by atoms with E-state index in [4.69, 9.17) is 9.47 Å². The number of nitrogens with one attached hydrogen (secondary N) is 1. The molecule has 0 saturated carbocycles. The van der Waals surface area contributed by atoms with Gasteiger partial charge in [0.1, 0.15) is 18.9 Å². The summed E-state index contributed by atoms with van der Waals surface area (Å²) >= 11 is 1.39. The Hall–Kier alpha value is -4.64. The first kappa shape index (κ1) is 26.0. The fourth-order valence-corrected chi connectivity index (χ4v) is 5.37. The summed E-state index contributed by atoms with van der Waals surface area (Å²) in [5, 5.41) is 13.4. The summed E-state index contributed by atoms with van der Waals surface area (Å²) in [7, 11) is 0. The smallest absolute Gasteiger partial charge is 0.411 e. The lowest BCUT2D eigenvalue weighted by atomic mass is 10.0. The number of non-ortho nitro benzene ring substituents is 1. The molecule has 0 bridgehead atoms. The summed E-state index contributed by atoms with van der Waals surface area (Å²) in [5.41, 5.74) is 2.25. The molecule has 2 aliphatic rings. The predicted molar refractivity (Wildman–Crippen MR) is 142 cm³/mol. The maximum Gasteiger partial charge on any atom is 0.411 e. The van der Waals surface area contributed by atoms with Crippen LogP contribution in [0.4, 0.5) is 16.2 Å². The number of hydrogen-bond donors (Lipinski definition) is 1. The first-order chi connectivity index (χ1) is 18.9. The lowest BCUT2D eigenvalue weighted by Gasteiger charge is -2.35. The molecule has 1 fully saturated rings. The molecule has 5 rings (SSSR count). The van der Waals surface area contributed by atoms with E-state index in [2.05, 4.69) is 5.32 Å². The van der Waals surface area contributed by atoms with E-state index in [1.807, 2.05) is 30.3 Å². The monoisotopic (exact) mass is 545 g/mol. The summed E-state index contributed by atoms with van der Waals surface area (Å²) in [6.07, 6.45) is 0.324. The number of nitro groups is 1. The third-order valence-corrected chi connectivity index (χ3v) is 7.35. The van der Waals surface area contributed by atoms with E-state index in [0.717, 1.165) is 15.4 Å². The van der Waals surface area contributed by atoms with Gasteiger partial charge in [-0.25, -0.2) is 9.59 Å². The van der Waals surface area contributed by atoms with Gasteiger partial charge in [-0.15, -0.1) is 0 Å². The van der Waals surface area contributed by atoms with Crippen molar-refractivity contribution in [1.29, 1.82) is 0 Å². The molecule has 3 aromatic carbocycles. The Morgan fingerprint density at radius 1 is 0.923 bits per heavy atom. The highest BCUT2D eigenvalue weighted by Gasteiger charge is 2.48. The number of ether oxygens (including phenoxy) is 2. The highest BCUT2D eigenvalue weighted by molar-refractivity contribution is 8.03. The van der Waals surface area contributed by atoms with Crippen molar-refractivity contribution in [3.8, 4) is 0 Å². The Kier molecular flexibility index (Phi) is 7.60. The van der Waals surface area contributed by atoms with Gasteiger partial charge in [0.05, 0.1) is 11.0 Å². The summed E-state index contributed by atoms with van der Waals surface area (Å²) in [6, 6.07) is 22.1. The second-order valence-electron chi connectivity index (χ2n) is 8.91. The Labute approximate surface area is 227 Å². The number of amides is 2. The third kappa shape index (κ3) is 6.10. The van der Waals surface area contributed by atoms with Crippen LogP contribution in [0.1, 0.15) is 24.0 Å². The Balaban J connectivity index is 1.18. The van der Waals surface area contributed by atoms with Crippen molar-refractivity contribution in [2.75, 3.05) is 5.32 Å². The zero-order chi connectivity index (χ0) is 27.4. The molecule has 0 spiro atoms. The number of hydrogen-bond acceptors (Lipinski definition) is 8. The van der Waals surface area contributed by atoms with Gasteiger partial charge in [-0.1, -0.05) is 42.1 Å². The van der Waals surface area contributed by atoms with Gasteiger partial charge < -0.3 is 14.4 Å². The molecule has 1 saturated heterocycles. The SMILES string of the molecule is O=C(Nc1ccc(SC2=C(C(=O)OCc3ccccc3)N3C(=O)CC3C2)cc1)OCc1ccc([N+](=O)[O-])cc1. The predicted octanol–water partition coefficient (Wildman–Crippen LogP) is 5.40. The number of rotatable bonds is 9. The number of nitro benzene ring substituents is 1. The molecular weight excluding hydrogens is 522 g/mol. The van der Waals surface area contributed by atoms with Crippen LogP contribution >= 0.6 is 11.8 Å². The van der Waals surface area contributed by atoms with E-state index in [9.17, 15) is 24.5 Å². The number of carbonyl (C=O) groups is 3. The fourth-order valence-electron chi connectivity index (χ4n) is 4.26. The van der Waals surface area contributed by atoms with Gasteiger partial charge in [-0.3, -0.25) is 20.2 Å². The second-order valence-corrected chi connectivity index (χ2v) is 10.1. The van der Waals surface area contributed by atoms with Crippen LogP contribution in [0.5, 0.6) is 0 Å². The van der Waals surface area contributed by atoms with Crippen molar-refractivity contribution in [2.45, 2.75) is 37.0 Å². The average molecular weight is 546 g/mol. The average Bonchev–Trinajstić information content (AvgIpc) is 3.24. The quantitative estimate of drug-likeness (QED) is 0.164. The minimum Gasteiger partial charge on any atom is -0.456 e. The maximum absolute atomic E-state index is 13.0. The van der Waals surface area contributed by atoms with Gasteiger partial charge >= 0.3 is 12.1 Å². The number of nitrogens with zero attached hydrogens (tertiary/aromatic N) is 2. The van der Waals surface area contributed by atoms with Gasteiger partial charge in [0.2, 0.25) is 5.91 Å². The molecule has 0 aliphatic carbocycles. The summed E-state index contributed by atoms with van der Waals surface area (Å²) in [5.74, 6) is -0.611. The molecule has 11 heteroatoms. The second kappa shape index (κ2) is 11.4. The first-order valence-electron chi connectivity index (χ1n) is 12.1. The summed E-state index contributed by atoms with van der Waals surface area (Å²) < 4.78 is 10.7. The van der Waals surface area contributed by atoms with Gasteiger partial charge in [0.25, 0.3) is 5.69 Å². The molecule has 0 radical (unpaired) electrons. The first-order valence-corrected chi connectivity index (χ1v) is 12.9. The highest BCUT2D eigenvalue weighted by Crippen LogP contribution is 2.45. The topological polar surface area (TPSA) is 128 Å². The van der Waals surface area contributed by atoms with Crippen LogP contribution in [0.25, 0.3) is 0 Å². The van der Waals surface area contributed by atoms with Crippen molar-refractivity contribution in [2.24, 2.45) is 0 Å². The molecule has 198 valence electrons. The van der Waals surface area contributed by atoms with Crippen LogP contribution in [0.3, 0.4) is 0 Å². The van der Waals surface area contributed by atoms with Crippen LogP contribution < -0.4 is 5.32 Å². The molecular formula is C28H23N3O7S. The van der Waals surface area contributed by atoms with Gasteiger partial charge in [-0.05, 0) is 47.5 Å². The van der Waals surface area contributed by atoms with Crippen LogP contribution in [0.15, 0.2) is 94.4 Å². The molecule has 10 nitrogen and oxygen atoms in total. The number of benzene rings is 3. The summed E-state index contributed by atoms with van der Waals surface area (Å²) in [6.45, 7) is 0.0833. The van der Waals surface area contributed by atoms with E-state index in [-0.39, 0.29) is 30.9 Å². The molecule has 2 amide bonds. The molecule has 39 heavy (non-hydrogen) atoms. The molecule has 0 aromatic heterocycles. The van der Waals surface area contributed by atoms with Crippen LogP contribution in [-0.2, 0) is 32.3 Å². The number of fused-ring (bicyclic) bond motifs is 1. The molecule has 2 heterocycles. The Bertz CT molecular complexity index is 1440. The normalized spacial score (nSPS) is 15.8. The largest absolute Gasteiger partial charge is 0.456 e. The lowest BCUT2D eigenvalue weighted by Crippen LogP contribution is -2.49. The zero-order valence-electron chi connectivity index (χ0n) is 20.6. The Morgan fingerprint density at radius 2 is 1.59 bits per heavy atom. The molecule has 1 N–H and O–H groups in total. The number of esters is 1. The highest BCUT2D eigenvalue weighted by atomic mass is 32.2. The lowest BCUT2D eigenvalue weighted by molar-refractivity contribution is -0.384. The van der Waals surface area contributed by atoms with Crippen molar-refractivity contribution < 1.29 is 28.8 Å². The molecule has 1 atom stereocenters. The van der Waals surface area contributed by atoms with Gasteiger partial charge in [-0.2, -0.15) is 0 Å². The number of thioether (sulfide) groups is 1. The van der Waals surface area contributed by atoms with E-state index in [0.29, 0.717) is 29.8 Å². The Morgan fingerprint density at radius 3 is 2.26 bits per heavy atom. The van der Waals surface area contributed by atoms with Crippen LogP contribution in [0.2, 0.25) is 0 Å². The van der Waals surface area contributed by atoms with Gasteiger partial charge in [0.15, 0.2) is 0 Å². The van der Waals surface area contributed by atoms with Crippen LogP contribution in [-0.4, -0.2) is 33.8 Å². The molecule has 1 unspecified atom stereocenters. The van der Waals surface area contributed by atoms with Crippen molar-refractivity contribution in [1.82, 2.24) is 4.90 Å². The number of β-lactam (4-membered cyclic amide) rings is 1.